The van der Waals surface area contributed by atoms with Crippen molar-refractivity contribution in [2.24, 2.45) is 0 Å². The molecule has 29 heavy (non-hydrogen) atoms. The lowest BCUT2D eigenvalue weighted by atomic mass is 10.2. The number of benzene rings is 2. The SMILES string of the molecule is COC(=O)CNC(=O)c1ccc(NC(=O)NC(C)c2cc3ccccc3o2)cc1. The van der Waals surface area contributed by atoms with E-state index in [2.05, 4.69) is 20.7 Å². The van der Waals surface area contributed by atoms with E-state index in [9.17, 15) is 14.4 Å². The van der Waals surface area contributed by atoms with E-state index in [4.69, 9.17) is 4.42 Å². The first-order valence-corrected chi connectivity index (χ1v) is 8.97. The second-order valence-electron chi connectivity index (χ2n) is 6.34. The number of hydrogen-bond acceptors (Lipinski definition) is 5. The standard InChI is InChI=1S/C21H21N3O5/c1-13(18-11-15-5-3-4-6-17(15)29-18)23-21(27)24-16-9-7-14(8-10-16)20(26)22-12-19(25)28-2/h3-11,13H,12H2,1-2H3,(H,22,26)(H2,23,24,27). The summed E-state index contributed by atoms with van der Waals surface area (Å²) in [5.74, 6) is -0.296. The average molecular weight is 395 g/mol. The highest BCUT2D eigenvalue weighted by Crippen LogP contribution is 2.23. The molecule has 2 aromatic carbocycles. The Bertz CT molecular complexity index is 993. The summed E-state index contributed by atoms with van der Waals surface area (Å²) in [6, 6.07) is 15.1. The first-order chi connectivity index (χ1) is 14.0. The monoisotopic (exact) mass is 395 g/mol. The van der Waals surface area contributed by atoms with Crippen LogP contribution in [0.4, 0.5) is 10.5 Å². The Morgan fingerprint density at radius 3 is 2.48 bits per heavy atom. The number of esters is 1. The van der Waals surface area contributed by atoms with Gasteiger partial charge in [0.1, 0.15) is 17.9 Å². The molecule has 8 heteroatoms. The molecule has 1 unspecified atom stereocenters. The molecule has 3 aromatic rings. The van der Waals surface area contributed by atoms with Gasteiger partial charge in [-0.15, -0.1) is 0 Å². The lowest BCUT2D eigenvalue weighted by Gasteiger charge is -2.13. The number of carbonyl (C=O) groups is 3. The molecule has 0 saturated carbocycles. The number of ether oxygens (including phenoxy) is 1. The smallest absolute Gasteiger partial charge is 0.325 e. The van der Waals surface area contributed by atoms with Gasteiger partial charge in [0.05, 0.1) is 13.2 Å². The van der Waals surface area contributed by atoms with Crippen LogP contribution in [0.3, 0.4) is 0 Å². The summed E-state index contributed by atoms with van der Waals surface area (Å²) in [4.78, 5) is 35.3. The largest absolute Gasteiger partial charge is 0.468 e. The Morgan fingerprint density at radius 1 is 1.07 bits per heavy atom. The number of hydrogen-bond donors (Lipinski definition) is 3. The molecule has 0 saturated heterocycles. The highest BCUT2D eigenvalue weighted by atomic mass is 16.5. The van der Waals surface area contributed by atoms with Gasteiger partial charge in [-0.2, -0.15) is 0 Å². The second-order valence-corrected chi connectivity index (χ2v) is 6.34. The van der Waals surface area contributed by atoms with Crippen molar-refractivity contribution < 1.29 is 23.5 Å². The van der Waals surface area contributed by atoms with Crippen molar-refractivity contribution in [3.05, 3.63) is 65.9 Å². The van der Waals surface area contributed by atoms with E-state index in [0.29, 0.717) is 17.0 Å². The van der Waals surface area contributed by atoms with Crippen molar-refractivity contribution in [3.63, 3.8) is 0 Å². The van der Waals surface area contributed by atoms with Gasteiger partial charge in [0, 0.05) is 16.6 Å². The molecule has 0 aliphatic heterocycles. The first kappa shape index (κ1) is 19.9. The van der Waals surface area contributed by atoms with Crippen LogP contribution in [0.15, 0.2) is 59.0 Å². The molecule has 1 heterocycles. The number of furan rings is 1. The highest BCUT2D eigenvalue weighted by molar-refractivity contribution is 5.97. The van der Waals surface area contributed by atoms with Crippen molar-refractivity contribution in [3.8, 4) is 0 Å². The number of nitrogens with one attached hydrogen (secondary N) is 3. The van der Waals surface area contributed by atoms with E-state index in [0.717, 1.165) is 11.0 Å². The normalized spacial score (nSPS) is 11.5. The number of anilines is 1. The summed E-state index contributed by atoms with van der Waals surface area (Å²) < 4.78 is 10.2. The van der Waals surface area contributed by atoms with Gasteiger partial charge >= 0.3 is 12.0 Å². The molecule has 3 rings (SSSR count). The lowest BCUT2D eigenvalue weighted by molar-refractivity contribution is -0.139. The summed E-state index contributed by atoms with van der Waals surface area (Å²) in [7, 11) is 1.25. The highest BCUT2D eigenvalue weighted by Gasteiger charge is 2.14. The lowest BCUT2D eigenvalue weighted by Crippen LogP contribution is -2.31. The molecule has 3 amide bonds. The van der Waals surface area contributed by atoms with Crippen molar-refractivity contribution in [2.75, 3.05) is 19.0 Å². The zero-order valence-corrected chi connectivity index (χ0v) is 16.0. The van der Waals surface area contributed by atoms with Crippen LogP contribution in [0.5, 0.6) is 0 Å². The summed E-state index contributed by atoms with van der Waals surface area (Å²) in [6.45, 7) is 1.61. The fourth-order valence-electron chi connectivity index (χ4n) is 2.68. The molecule has 0 aliphatic carbocycles. The number of urea groups is 1. The van der Waals surface area contributed by atoms with Gasteiger partial charge in [0.2, 0.25) is 0 Å². The second kappa shape index (κ2) is 8.92. The van der Waals surface area contributed by atoms with Crippen LogP contribution in [0.1, 0.15) is 29.1 Å². The number of carbonyl (C=O) groups excluding carboxylic acids is 3. The molecular formula is C21H21N3O5. The van der Waals surface area contributed by atoms with Crippen LogP contribution < -0.4 is 16.0 Å². The van der Waals surface area contributed by atoms with E-state index in [1.807, 2.05) is 37.3 Å². The molecule has 1 atom stereocenters. The number of methoxy groups -OCH3 is 1. The van der Waals surface area contributed by atoms with E-state index >= 15 is 0 Å². The van der Waals surface area contributed by atoms with Gasteiger partial charge in [-0.1, -0.05) is 18.2 Å². The summed E-state index contributed by atoms with van der Waals surface area (Å²) in [5.41, 5.74) is 1.64. The summed E-state index contributed by atoms with van der Waals surface area (Å²) >= 11 is 0. The van der Waals surface area contributed by atoms with Crippen LogP contribution in [0.25, 0.3) is 11.0 Å². The van der Waals surface area contributed by atoms with Gasteiger partial charge in [0.25, 0.3) is 5.91 Å². The third-order valence-corrected chi connectivity index (χ3v) is 4.24. The van der Waals surface area contributed by atoms with Crippen LogP contribution in [0.2, 0.25) is 0 Å². The average Bonchev–Trinajstić information content (AvgIpc) is 3.16. The topological polar surface area (TPSA) is 110 Å². The molecule has 0 spiro atoms. The number of rotatable bonds is 6. The molecular weight excluding hydrogens is 374 g/mol. The van der Waals surface area contributed by atoms with Crippen molar-refractivity contribution >= 4 is 34.6 Å². The van der Waals surface area contributed by atoms with Crippen LogP contribution in [-0.4, -0.2) is 31.6 Å². The minimum Gasteiger partial charge on any atom is -0.468 e. The van der Waals surface area contributed by atoms with Gasteiger partial charge < -0.3 is 25.1 Å². The molecule has 0 bridgehead atoms. The van der Waals surface area contributed by atoms with E-state index in [1.54, 1.807) is 24.3 Å². The van der Waals surface area contributed by atoms with Gasteiger partial charge in [-0.3, -0.25) is 9.59 Å². The van der Waals surface area contributed by atoms with E-state index in [1.165, 1.54) is 7.11 Å². The minimum atomic E-state index is -0.535. The quantitative estimate of drug-likeness (QED) is 0.555. The fraction of sp³-hybridized carbons (Fsp3) is 0.190. The zero-order chi connectivity index (χ0) is 20.8. The molecule has 0 fully saturated rings. The molecule has 150 valence electrons. The Kier molecular flexibility index (Phi) is 6.13. The first-order valence-electron chi connectivity index (χ1n) is 8.97. The Balaban J connectivity index is 1.54. The maximum Gasteiger partial charge on any atom is 0.325 e. The van der Waals surface area contributed by atoms with Gasteiger partial charge in [-0.05, 0) is 43.3 Å². The maximum atomic E-state index is 12.2. The minimum absolute atomic E-state index is 0.211. The Hall–Kier alpha value is -3.81. The molecule has 8 nitrogen and oxygen atoms in total. The third kappa shape index (κ3) is 5.13. The van der Waals surface area contributed by atoms with Crippen molar-refractivity contribution in [2.45, 2.75) is 13.0 Å². The molecule has 0 aliphatic rings. The summed E-state index contributed by atoms with van der Waals surface area (Å²) in [5, 5.41) is 8.92. The molecule has 3 N–H and O–H groups in total. The predicted octanol–water partition coefficient (Wildman–Crippen LogP) is 3.22. The molecule has 0 radical (unpaired) electrons. The van der Waals surface area contributed by atoms with Gasteiger partial charge in [-0.25, -0.2) is 4.79 Å². The summed E-state index contributed by atoms with van der Waals surface area (Å²) in [6.07, 6.45) is 0. The zero-order valence-electron chi connectivity index (χ0n) is 16.0. The fourth-order valence-corrected chi connectivity index (χ4v) is 2.68. The number of fused-ring (bicyclic) bond motifs is 1. The van der Waals surface area contributed by atoms with E-state index < -0.39 is 17.9 Å². The Morgan fingerprint density at radius 2 is 1.79 bits per heavy atom. The van der Waals surface area contributed by atoms with Crippen molar-refractivity contribution in [1.82, 2.24) is 10.6 Å². The number of para-hydroxylation sites is 1. The maximum absolute atomic E-state index is 12.2. The van der Waals surface area contributed by atoms with Crippen LogP contribution >= 0.6 is 0 Å². The van der Waals surface area contributed by atoms with Crippen LogP contribution in [0, 0.1) is 0 Å². The predicted molar refractivity (Wildman–Crippen MR) is 108 cm³/mol. The molecule has 1 aromatic heterocycles. The number of amides is 3. The van der Waals surface area contributed by atoms with Gasteiger partial charge in [0.15, 0.2) is 0 Å². The Labute approximate surface area is 167 Å². The van der Waals surface area contributed by atoms with Crippen LogP contribution in [-0.2, 0) is 9.53 Å². The van der Waals surface area contributed by atoms with Crippen molar-refractivity contribution in [1.29, 1.82) is 0 Å². The van der Waals surface area contributed by atoms with E-state index in [-0.39, 0.29) is 12.6 Å². The third-order valence-electron chi connectivity index (χ3n) is 4.24.